The first-order chi connectivity index (χ1) is 4.80. The molecule has 10 heavy (non-hydrogen) atoms. The van der Waals surface area contributed by atoms with Gasteiger partial charge in [-0.25, -0.2) is 0 Å². The molecular weight excluding hydrogens is 120 g/mol. The van der Waals surface area contributed by atoms with Crippen LogP contribution >= 0.6 is 0 Å². The van der Waals surface area contributed by atoms with Gasteiger partial charge in [0.1, 0.15) is 0 Å². The first-order valence-electron chi connectivity index (χ1n) is 3.35. The molecule has 0 saturated heterocycles. The van der Waals surface area contributed by atoms with Crippen LogP contribution in [-0.2, 0) is 0 Å². The highest BCUT2D eigenvalue weighted by Crippen LogP contribution is 2.11. The highest BCUT2D eigenvalue weighted by atomic mass is 14.0. The van der Waals surface area contributed by atoms with E-state index in [9.17, 15) is 0 Å². The number of rotatable bonds is 1. The van der Waals surface area contributed by atoms with Crippen LogP contribution in [0.25, 0.3) is 0 Å². The average molecular weight is 131 g/mol. The molecule has 51 valence electrons. The molecule has 0 aromatic heterocycles. The fourth-order valence-electron chi connectivity index (χ4n) is 0.787. The second-order valence-corrected chi connectivity index (χ2v) is 2.34. The van der Waals surface area contributed by atoms with Crippen LogP contribution in [-0.4, -0.2) is 0 Å². The molecule has 0 atom stereocenters. The van der Waals surface area contributed by atoms with E-state index in [4.69, 9.17) is 0 Å². The predicted octanol–water partition coefficient (Wildman–Crippen LogP) is 2.82. The topological polar surface area (TPSA) is 0 Å². The predicted molar refractivity (Wildman–Crippen MR) is 45.5 cm³/mol. The van der Waals surface area contributed by atoms with Gasteiger partial charge in [-0.05, 0) is 12.5 Å². The molecule has 0 nitrogen and oxygen atoms in total. The van der Waals surface area contributed by atoms with Gasteiger partial charge in [0.05, 0.1) is 0 Å². The van der Waals surface area contributed by atoms with Gasteiger partial charge in [0, 0.05) is 6.42 Å². The molecule has 0 heteroatoms. The van der Waals surface area contributed by atoms with E-state index in [2.05, 4.69) is 18.7 Å². The van der Waals surface area contributed by atoms with Crippen molar-refractivity contribution in [1.82, 2.24) is 0 Å². The van der Waals surface area contributed by atoms with Crippen LogP contribution in [0.4, 0.5) is 0 Å². The minimum Gasteiger partial charge on any atom is -0.0955 e. The fraction of sp³-hybridized carbons (Fsp3) is 0.100. The first kappa shape index (κ1) is 7.07. The van der Waals surface area contributed by atoms with E-state index in [0.29, 0.717) is 0 Å². The van der Waals surface area contributed by atoms with E-state index in [0.717, 1.165) is 5.57 Å². The Bertz CT molecular complexity index is 214. The highest BCUT2D eigenvalue weighted by molar-refractivity contribution is 5.42. The summed E-state index contributed by atoms with van der Waals surface area (Å²) in [5, 5.41) is 0. The Kier molecular flexibility index (Phi) is 2.27. The Hall–Kier alpha value is -1.04. The highest BCUT2D eigenvalue weighted by Gasteiger charge is 1.91. The summed E-state index contributed by atoms with van der Waals surface area (Å²) in [7, 11) is 0. The van der Waals surface area contributed by atoms with Crippen molar-refractivity contribution in [3.8, 4) is 0 Å². The molecule has 0 aliphatic heterocycles. The molecule has 0 aromatic rings. The van der Waals surface area contributed by atoms with E-state index in [1.165, 1.54) is 5.57 Å². The molecule has 0 saturated carbocycles. The van der Waals surface area contributed by atoms with Crippen LogP contribution in [0.2, 0.25) is 0 Å². The monoisotopic (exact) mass is 131 g/mol. The SMILES string of the molecule is C=C(C)C1=CC=C[CH]C=C1. The summed E-state index contributed by atoms with van der Waals surface area (Å²) in [4.78, 5) is 0. The smallest absolute Gasteiger partial charge is 0.00508 e. The molecule has 0 fully saturated rings. The number of hydrogen-bond donors (Lipinski definition) is 0. The molecule has 0 spiro atoms. The fourth-order valence-corrected chi connectivity index (χ4v) is 0.787. The Morgan fingerprint density at radius 2 is 2.10 bits per heavy atom. The van der Waals surface area contributed by atoms with Crippen LogP contribution in [0.1, 0.15) is 6.92 Å². The van der Waals surface area contributed by atoms with Crippen molar-refractivity contribution in [2.45, 2.75) is 6.92 Å². The van der Waals surface area contributed by atoms with Gasteiger partial charge in [-0.2, -0.15) is 0 Å². The zero-order valence-electron chi connectivity index (χ0n) is 6.17. The van der Waals surface area contributed by atoms with Crippen molar-refractivity contribution in [3.63, 3.8) is 0 Å². The van der Waals surface area contributed by atoms with Crippen molar-refractivity contribution in [2.75, 3.05) is 0 Å². The Balaban J connectivity index is 2.83. The Labute approximate surface area is 62.3 Å². The lowest BCUT2D eigenvalue weighted by Crippen LogP contribution is -1.75. The molecule has 0 aromatic carbocycles. The molecule has 1 radical (unpaired) electrons. The lowest BCUT2D eigenvalue weighted by atomic mass is 10.1. The van der Waals surface area contributed by atoms with Gasteiger partial charge < -0.3 is 0 Å². The number of allylic oxidation sites excluding steroid dienone is 7. The van der Waals surface area contributed by atoms with Crippen molar-refractivity contribution in [1.29, 1.82) is 0 Å². The molecule has 0 N–H and O–H groups in total. The van der Waals surface area contributed by atoms with Crippen LogP contribution in [0.15, 0.2) is 48.1 Å². The van der Waals surface area contributed by atoms with Gasteiger partial charge in [0.15, 0.2) is 0 Å². The van der Waals surface area contributed by atoms with Gasteiger partial charge in [0.2, 0.25) is 0 Å². The maximum atomic E-state index is 3.85. The van der Waals surface area contributed by atoms with E-state index in [-0.39, 0.29) is 0 Å². The lowest BCUT2D eigenvalue weighted by Gasteiger charge is -1.95. The summed E-state index contributed by atoms with van der Waals surface area (Å²) in [6.45, 7) is 5.86. The Morgan fingerprint density at radius 1 is 1.30 bits per heavy atom. The van der Waals surface area contributed by atoms with Crippen LogP contribution in [0.5, 0.6) is 0 Å². The van der Waals surface area contributed by atoms with Gasteiger partial charge in [-0.3, -0.25) is 0 Å². The molecule has 0 bridgehead atoms. The largest absolute Gasteiger partial charge is 0.0955 e. The third-order valence-electron chi connectivity index (χ3n) is 1.38. The maximum absolute atomic E-state index is 3.85. The molecular formula is C10H11. The van der Waals surface area contributed by atoms with Crippen LogP contribution < -0.4 is 0 Å². The molecule has 1 aliphatic carbocycles. The zero-order chi connectivity index (χ0) is 7.40. The normalized spacial score (nSPS) is 16.3. The van der Waals surface area contributed by atoms with E-state index < -0.39 is 0 Å². The summed E-state index contributed by atoms with van der Waals surface area (Å²) in [5.41, 5.74) is 2.31. The van der Waals surface area contributed by atoms with Gasteiger partial charge in [-0.15, -0.1) is 0 Å². The van der Waals surface area contributed by atoms with Crippen molar-refractivity contribution < 1.29 is 0 Å². The second-order valence-electron chi connectivity index (χ2n) is 2.34. The third kappa shape index (κ3) is 1.73. The van der Waals surface area contributed by atoms with E-state index in [1.807, 2.05) is 31.6 Å². The zero-order valence-corrected chi connectivity index (χ0v) is 6.17. The summed E-state index contributed by atoms with van der Waals surface area (Å²) in [5.74, 6) is 0. The van der Waals surface area contributed by atoms with Crippen LogP contribution in [0, 0.1) is 6.42 Å². The molecule has 0 heterocycles. The van der Waals surface area contributed by atoms with Crippen molar-refractivity contribution >= 4 is 0 Å². The van der Waals surface area contributed by atoms with Crippen molar-refractivity contribution in [3.05, 3.63) is 54.5 Å². The molecule has 1 aliphatic rings. The third-order valence-corrected chi connectivity index (χ3v) is 1.38. The summed E-state index contributed by atoms with van der Waals surface area (Å²) >= 11 is 0. The summed E-state index contributed by atoms with van der Waals surface area (Å²) in [6.07, 6.45) is 12.2. The molecule has 0 unspecified atom stereocenters. The standard InChI is InChI=1S/C10H11/c1-9(2)10-7-5-3-4-6-8-10/h3-8H,1H2,2H3. The summed E-state index contributed by atoms with van der Waals surface area (Å²) in [6, 6.07) is 0. The summed E-state index contributed by atoms with van der Waals surface area (Å²) < 4.78 is 0. The first-order valence-corrected chi connectivity index (χ1v) is 3.35. The van der Waals surface area contributed by atoms with E-state index in [1.54, 1.807) is 0 Å². The average Bonchev–Trinajstić information content (AvgIpc) is 2.12. The Morgan fingerprint density at radius 3 is 2.80 bits per heavy atom. The maximum Gasteiger partial charge on any atom is 0.00508 e. The second kappa shape index (κ2) is 3.21. The van der Waals surface area contributed by atoms with E-state index >= 15 is 0 Å². The number of hydrogen-bond acceptors (Lipinski definition) is 0. The minimum absolute atomic E-state index is 1.11. The van der Waals surface area contributed by atoms with Crippen LogP contribution in [0.3, 0.4) is 0 Å². The van der Waals surface area contributed by atoms with Gasteiger partial charge in [-0.1, -0.05) is 42.5 Å². The van der Waals surface area contributed by atoms with Gasteiger partial charge in [0.25, 0.3) is 0 Å². The minimum atomic E-state index is 1.11. The quantitative estimate of drug-likeness (QED) is 0.513. The van der Waals surface area contributed by atoms with Gasteiger partial charge >= 0.3 is 0 Å². The van der Waals surface area contributed by atoms with Crippen molar-refractivity contribution in [2.24, 2.45) is 0 Å². The molecule has 1 rings (SSSR count). The lowest BCUT2D eigenvalue weighted by molar-refractivity contribution is 1.46. The molecule has 0 amide bonds.